The van der Waals surface area contributed by atoms with Crippen molar-refractivity contribution in [1.29, 1.82) is 0 Å². The Morgan fingerprint density at radius 1 is 1.04 bits per heavy atom. The van der Waals surface area contributed by atoms with Crippen LogP contribution in [-0.2, 0) is 9.84 Å². The Morgan fingerprint density at radius 2 is 1.72 bits per heavy atom. The van der Waals surface area contributed by atoms with Crippen LogP contribution in [0.25, 0.3) is 10.9 Å². The van der Waals surface area contributed by atoms with Crippen LogP contribution in [-0.4, -0.2) is 21.5 Å². The van der Waals surface area contributed by atoms with Crippen LogP contribution in [0.15, 0.2) is 64.5 Å². The number of halogens is 1. The number of H-pyrrole nitrogens is 1. The fourth-order valence-electron chi connectivity index (χ4n) is 2.98. The van der Waals surface area contributed by atoms with Gasteiger partial charge in [0.25, 0.3) is 0 Å². The lowest BCUT2D eigenvalue weighted by atomic mass is 10.1. The summed E-state index contributed by atoms with van der Waals surface area (Å²) in [7, 11) is -3.73. The third-order valence-corrected chi connectivity index (χ3v) is 6.03. The molecule has 1 N–H and O–H groups in total. The van der Waals surface area contributed by atoms with Crippen LogP contribution in [0.2, 0.25) is 0 Å². The first-order valence-electron chi connectivity index (χ1n) is 8.18. The molecule has 0 amide bonds. The van der Waals surface area contributed by atoms with Crippen molar-refractivity contribution in [2.45, 2.75) is 23.6 Å². The quantitative estimate of drug-likeness (QED) is 0.701. The smallest absolute Gasteiger partial charge is 0.214 e. The third-order valence-electron chi connectivity index (χ3n) is 4.25. The number of hydrogen-bond acceptors (Lipinski definition) is 3. The number of nitrogens with zero attached hydrogens (tertiary/aromatic N) is 1. The number of benzene rings is 2. The fourth-order valence-corrected chi connectivity index (χ4v) is 4.46. The number of sulfone groups is 1. The molecule has 0 fully saturated rings. The van der Waals surface area contributed by atoms with Crippen molar-refractivity contribution in [2.24, 2.45) is 0 Å². The molecule has 3 aromatic rings. The molecule has 130 valence electrons. The van der Waals surface area contributed by atoms with Crippen molar-refractivity contribution in [2.75, 3.05) is 18.0 Å². The van der Waals surface area contributed by atoms with E-state index in [1.54, 1.807) is 36.4 Å². The van der Waals surface area contributed by atoms with E-state index in [1.807, 2.05) is 18.7 Å². The molecular formula is C19H20FN2O2S+. The Bertz CT molecular complexity index is 1000. The zero-order valence-corrected chi connectivity index (χ0v) is 15.0. The number of pyridine rings is 1. The maximum absolute atomic E-state index is 13.9. The minimum Gasteiger partial charge on any atom is -0.370 e. The molecule has 0 unspecified atom stereocenters. The van der Waals surface area contributed by atoms with E-state index in [9.17, 15) is 12.8 Å². The van der Waals surface area contributed by atoms with Crippen molar-refractivity contribution in [3.63, 3.8) is 0 Å². The first kappa shape index (κ1) is 17.4. The van der Waals surface area contributed by atoms with Crippen LogP contribution in [0.5, 0.6) is 0 Å². The van der Waals surface area contributed by atoms with Crippen LogP contribution < -0.4 is 9.88 Å². The van der Waals surface area contributed by atoms with Gasteiger partial charge in [-0.1, -0.05) is 18.2 Å². The number of rotatable bonds is 5. The Morgan fingerprint density at radius 3 is 2.36 bits per heavy atom. The molecule has 0 aliphatic carbocycles. The van der Waals surface area contributed by atoms with E-state index < -0.39 is 15.7 Å². The summed E-state index contributed by atoms with van der Waals surface area (Å²) in [5.41, 5.74) is 1.22. The molecular weight excluding hydrogens is 339 g/mol. The minimum atomic E-state index is -3.73. The lowest BCUT2D eigenvalue weighted by Gasteiger charge is -2.24. The highest BCUT2D eigenvalue weighted by molar-refractivity contribution is 7.91. The summed E-state index contributed by atoms with van der Waals surface area (Å²) in [4.78, 5) is 5.30. The van der Waals surface area contributed by atoms with Gasteiger partial charge >= 0.3 is 0 Å². The predicted molar refractivity (Wildman–Crippen MR) is 95.9 cm³/mol. The van der Waals surface area contributed by atoms with Crippen LogP contribution in [0.4, 0.5) is 10.1 Å². The number of fused-ring (bicyclic) bond motifs is 1. The van der Waals surface area contributed by atoms with Gasteiger partial charge in [-0.15, -0.1) is 0 Å². The Kier molecular flexibility index (Phi) is 4.72. The second kappa shape index (κ2) is 6.80. The summed E-state index contributed by atoms with van der Waals surface area (Å²) >= 11 is 0. The van der Waals surface area contributed by atoms with Gasteiger partial charge in [0.1, 0.15) is 5.82 Å². The van der Waals surface area contributed by atoms with Crippen LogP contribution in [0.3, 0.4) is 0 Å². The average Bonchev–Trinajstić information content (AvgIpc) is 2.63. The van der Waals surface area contributed by atoms with E-state index in [-0.39, 0.29) is 9.79 Å². The van der Waals surface area contributed by atoms with Gasteiger partial charge < -0.3 is 4.90 Å². The van der Waals surface area contributed by atoms with E-state index in [1.165, 1.54) is 18.3 Å². The molecule has 0 aliphatic rings. The average molecular weight is 359 g/mol. The molecule has 0 aliphatic heterocycles. The Hall–Kier alpha value is -2.47. The maximum atomic E-state index is 13.9. The van der Waals surface area contributed by atoms with Crippen LogP contribution in [0, 0.1) is 5.82 Å². The van der Waals surface area contributed by atoms with Crippen molar-refractivity contribution < 1.29 is 17.8 Å². The molecule has 4 nitrogen and oxygen atoms in total. The Labute approximate surface area is 146 Å². The van der Waals surface area contributed by atoms with Gasteiger partial charge in [0, 0.05) is 19.2 Å². The molecule has 0 bridgehead atoms. The molecule has 25 heavy (non-hydrogen) atoms. The number of nitrogens with one attached hydrogen (secondary N) is 1. The van der Waals surface area contributed by atoms with Gasteiger partial charge in [0.2, 0.25) is 15.4 Å². The molecule has 1 aromatic heterocycles. The first-order chi connectivity index (χ1) is 12.0. The summed E-state index contributed by atoms with van der Waals surface area (Å²) in [6.45, 7) is 5.13. The largest absolute Gasteiger partial charge is 0.370 e. The van der Waals surface area contributed by atoms with E-state index in [4.69, 9.17) is 0 Å². The molecule has 1 heterocycles. The minimum absolute atomic E-state index is 0.153. The molecule has 6 heteroatoms. The van der Waals surface area contributed by atoms with E-state index >= 15 is 0 Å². The summed E-state index contributed by atoms with van der Waals surface area (Å²) < 4.78 is 40.2. The van der Waals surface area contributed by atoms with Gasteiger partial charge in [-0.2, -0.15) is 0 Å². The summed E-state index contributed by atoms with van der Waals surface area (Å²) in [6, 6.07) is 12.6. The molecule has 0 spiro atoms. The second-order valence-electron chi connectivity index (χ2n) is 5.68. The first-order valence-corrected chi connectivity index (χ1v) is 9.66. The molecule has 3 rings (SSSR count). The topological polar surface area (TPSA) is 51.5 Å². The normalized spacial score (nSPS) is 11.6. The van der Waals surface area contributed by atoms with Crippen LogP contribution >= 0.6 is 0 Å². The van der Waals surface area contributed by atoms with Crippen molar-refractivity contribution in [3.05, 3.63) is 60.5 Å². The zero-order chi connectivity index (χ0) is 18.0. The summed E-state index contributed by atoms with van der Waals surface area (Å²) in [5.74, 6) is -0.399. The highest BCUT2D eigenvalue weighted by Gasteiger charge is 2.28. The molecule has 2 aromatic carbocycles. The van der Waals surface area contributed by atoms with Crippen molar-refractivity contribution in [1.82, 2.24) is 0 Å². The van der Waals surface area contributed by atoms with E-state index in [0.29, 0.717) is 29.7 Å². The number of aromatic amines is 1. The molecule has 0 saturated carbocycles. The lowest BCUT2D eigenvalue weighted by molar-refractivity contribution is -0.347. The zero-order valence-electron chi connectivity index (χ0n) is 14.2. The van der Waals surface area contributed by atoms with Crippen molar-refractivity contribution >= 4 is 26.4 Å². The third kappa shape index (κ3) is 3.09. The maximum Gasteiger partial charge on any atom is 0.214 e. The molecule has 0 radical (unpaired) electrons. The monoisotopic (exact) mass is 359 g/mol. The number of aromatic nitrogens is 1. The van der Waals surface area contributed by atoms with E-state index in [0.717, 1.165) is 0 Å². The predicted octanol–water partition coefficient (Wildman–Crippen LogP) is 3.47. The van der Waals surface area contributed by atoms with Gasteiger partial charge in [0.15, 0.2) is 11.1 Å². The Balaban J connectivity index is 2.37. The van der Waals surface area contributed by atoms with Crippen molar-refractivity contribution in [3.8, 4) is 0 Å². The second-order valence-corrected chi connectivity index (χ2v) is 7.60. The molecule has 0 saturated heterocycles. The van der Waals surface area contributed by atoms with Gasteiger partial charge in [-0.25, -0.2) is 17.8 Å². The molecule has 0 atom stereocenters. The highest BCUT2D eigenvalue weighted by atomic mass is 32.2. The van der Waals surface area contributed by atoms with Gasteiger partial charge in [-0.3, -0.25) is 0 Å². The SMILES string of the molecule is CCN(CC)c1c(S(=O)(=O)c2ccccc2)c[nH+]c2ccc(F)cc12. The lowest BCUT2D eigenvalue weighted by Crippen LogP contribution is -2.26. The number of anilines is 1. The van der Waals surface area contributed by atoms with Gasteiger partial charge in [-0.05, 0) is 38.1 Å². The highest BCUT2D eigenvalue weighted by Crippen LogP contribution is 2.34. The number of hydrogen-bond donors (Lipinski definition) is 0. The van der Waals surface area contributed by atoms with Gasteiger partial charge in [0.05, 0.1) is 16.0 Å². The summed E-state index contributed by atoms with van der Waals surface area (Å²) in [6.07, 6.45) is 1.50. The fraction of sp³-hybridized carbons (Fsp3) is 0.211. The van der Waals surface area contributed by atoms with E-state index in [2.05, 4.69) is 4.98 Å². The summed E-state index contributed by atoms with van der Waals surface area (Å²) in [5, 5.41) is 0.556. The standard InChI is InChI=1S/C19H19FN2O2S/c1-3-22(4-2)19-16-12-14(20)10-11-17(16)21-13-18(19)25(23,24)15-8-6-5-7-9-15/h5-13H,3-4H2,1-2H3/p+1. The van der Waals surface area contributed by atoms with Crippen LogP contribution in [0.1, 0.15) is 13.8 Å².